The van der Waals surface area contributed by atoms with Crippen LogP contribution in [0.15, 0.2) is 12.2 Å². The number of carbonyl (C=O) groups excluding carboxylic acids is 1. The van der Waals surface area contributed by atoms with E-state index >= 15 is 0 Å². The molecule has 0 aliphatic carbocycles. The lowest BCUT2D eigenvalue weighted by molar-refractivity contribution is 0.194. The average molecular weight is 127 g/mol. The Bertz CT molecular complexity index is 107. The molecule has 0 saturated carbocycles. The van der Waals surface area contributed by atoms with Gasteiger partial charge in [0.15, 0.2) is 0 Å². The SMILES string of the molecule is C=C(C)CC(C)O[C]=O. The van der Waals surface area contributed by atoms with Gasteiger partial charge in [-0.2, -0.15) is 0 Å². The average Bonchev–Trinajstić information content (AvgIpc) is 1.63. The second-order valence-corrected chi connectivity index (χ2v) is 2.17. The van der Waals surface area contributed by atoms with Crippen molar-refractivity contribution in [2.75, 3.05) is 0 Å². The van der Waals surface area contributed by atoms with Crippen LogP contribution in [0, 0.1) is 0 Å². The van der Waals surface area contributed by atoms with Gasteiger partial charge < -0.3 is 4.74 Å². The minimum Gasteiger partial charge on any atom is -0.454 e. The van der Waals surface area contributed by atoms with Gasteiger partial charge in [-0.05, 0) is 13.8 Å². The summed E-state index contributed by atoms with van der Waals surface area (Å²) in [5, 5.41) is 0. The Labute approximate surface area is 55.5 Å². The van der Waals surface area contributed by atoms with Crippen molar-refractivity contribution >= 4 is 6.47 Å². The Morgan fingerprint density at radius 3 is 2.78 bits per heavy atom. The summed E-state index contributed by atoms with van der Waals surface area (Å²) in [6.07, 6.45) is 0.634. The van der Waals surface area contributed by atoms with Gasteiger partial charge in [0.2, 0.25) is 0 Å². The van der Waals surface area contributed by atoms with Crippen molar-refractivity contribution in [3.63, 3.8) is 0 Å². The summed E-state index contributed by atoms with van der Waals surface area (Å²) in [5.41, 5.74) is 1.01. The molecule has 2 heteroatoms. The highest BCUT2D eigenvalue weighted by Crippen LogP contribution is 2.02. The van der Waals surface area contributed by atoms with Crippen LogP contribution in [0.3, 0.4) is 0 Å². The van der Waals surface area contributed by atoms with E-state index < -0.39 is 0 Å². The summed E-state index contributed by atoms with van der Waals surface area (Å²) in [4.78, 5) is 9.62. The molecule has 0 aromatic heterocycles. The van der Waals surface area contributed by atoms with Gasteiger partial charge in [0, 0.05) is 6.42 Å². The van der Waals surface area contributed by atoms with Crippen LogP contribution < -0.4 is 0 Å². The molecule has 0 bridgehead atoms. The maximum Gasteiger partial charge on any atom is 0.417 e. The zero-order chi connectivity index (χ0) is 7.28. The van der Waals surface area contributed by atoms with Gasteiger partial charge in [0.25, 0.3) is 0 Å². The van der Waals surface area contributed by atoms with Crippen LogP contribution in [0.5, 0.6) is 0 Å². The van der Waals surface area contributed by atoms with Crippen molar-refractivity contribution < 1.29 is 9.53 Å². The van der Waals surface area contributed by atoms with Crippen LogP contribution in [0.2, 0.25) is 0 Å². The van der Waals surface area contributed by atoms with E-state index in [0.717, 1.165) is 12.0 Å². The maximum absolute atomic E-state index is 9.62. The standard InChI is InChI=1S/C7H11O2/c1-6(2)4-7(3)9-5-8/h7H,1,4H2,2-3H3. The highest BCUT2D eigenvalue weighted by atomic mass is 16.5. The Morgan fingerprint density at radius 2 is 2.44 bits per heavy atom. The van der Waals surface area contributed by atoms with Crippen molar-refractivity contribution in [3.05, 3.63) is 12.2 Å². The second-order valence-electron chi connectivity index (χ2n) is 2.17. The van der Waals surface area contributed by atoms with Crippen molar-refractivity contribution in [2.45, 2.75) is 26.4 Å². The molecule has 0 aliphatic rings. The molecule has 1 atom stereocenters. The molecule has 0 spiro atoms. The molecule has 2 nitrogen and oxygen atoms in total. The molecule has 1 radical (unpaired) electrons. The van der Waals surface area contributed by atoms with E-state index in [1.165, 1.54) is 6.47 Å². The Morgan fingerprint density at radius 1 is 1.89 bits per heavy atom. The van der Waals surface area contributed by atoms with Gasteiger partial charge in [0.1, 0.15) is 6.10 Å². The lowest BCUT2D eigenvalue weighted by atomic mass is 10.2. The smallest absolute Gasteiger partial charge is 0.417 e. The van der Waals surface area contributed by atoms with Crippen LogP contribution in [0.1, 0.15) is 20.3 Å². The summed E-state index contributed by atoms with van der Waals surface area (Å²) in [7, 11) is 0. The normalized spacial score (nSPS) is 12.2. The Kier molecular flexibility index (Phi) is 3.76. The van der Waals surface area contributed by atoms with Gasteiger partial charge in [-0.25, -0.2) is 4.79 Å². The molecule has 1 unspecified atom stereocenters. The van der Waals surface area contributed by atoms with E-state index in [1.807, 2.05) is 6.92 Å². The first-order valence-electron chi connectivity index (χ1n) is 2.84. The Hall–Kier alpha value is -0.790. The predicted molar refractivity (Wildman–Crippen MR) is 35.7 cm³/mol. The van der Waals surface area contributed by atoms with E-state index in [4.69, 9.17) is 0 Å². The van der Waals surface area contributed by atoms with E-state index in [2.05, 4.69) is 11.3 Å². The monoisotopic (exact) mass is 127 g/mol. The molecule has 0 saturated heterocycles. The lowest BCUT2D eigenvalue weighted by Gasteiger charge is -2.06. The fraction of sp³-hybridized carbons (Fsp3) is 0.571. The molecule has 0 aromatic carbocycles. The first-order valence-corrected chi connectivity index (χ1v) is 2.84. The second kappa shape index (κ2) is 4.13. The minimum atomic E-state index is -0.0833. The molecule has 0 heterocycles. The van der Waals surface area contributed by atoms with Crippen molar-refractivity contribution in [1.82, 2.24) is 0 Å². The fourth-order valence-corrected chi connectivity index (χ4v) is 0.615. The van der Waals surface area contributed by atoms with Gasteiger partial charge >= 0.3 is 6.47 Å². The summed E-state index contributed by atoms with van der Waals surface area (Å²) in [6, 6.07) is 0. The first-order chi connectivity index (χ1) is 4.16. The van der Waals surface area contributed by atoms with Crippen molar-refractivity contribution in [2.24, 2.45) is 0 Å². The van der Waals surface area contributed by atoms with Crippen molar-refractivity contribution in [1.29, 1.82) is 0 Å². The highest BCUT2D eigenvalue weighted by Gasteiger charge is 2.00. The number of hydrogen-bond acceptors (Lipinski definition) is 2. The largest absolute Gasteiger partial charge is 0.454 e. The number of ether oxygens (including phenoxy) is 1. The van der Waals surface area contributed by atoms with Crippen LogP contribution in [0.4, 0.5) is 0 Å². The zero-order valence-electron chi connectivity index (χ0n) is 5.81. The van der Waals surface area contributed by atoms with Crippen LogP contribution in [-0.2, 0) is 9.53 Å². The molecule has 0 amide bonds. The van der Waals surface area contributed by atoms with E-state index in [-0.39, 0.29) is 6.10 Å². The lowest BCUT2D eigenvalue weighted by Crippen LogP contribution is -2.06. The fourth-order valence-electron chi connectivity index (χ4n) is 0.615. The molecule has 0 aliphatic heterocycles. The maximum atomic E-state index is 9.62. The van der Waals surface area contributed by atoms with Gasteiger partial charge in [-0.15, -0.1) is 6.58 Å². The molecule has 0 fully saturated rings. The van der Waals surface area contributed by atoms with Gasteiger partial charge in [-0.1, -0.05) is 5.57 Å². The third-order valence-electron chi connectivity index (χ3n) is 0.885. The van der Waals surface area contributed by atoms with Crippen LogP contribution >= 0.6 is 0 Å². The highest BCUT2D eigenvalue weighted by molar-refractivity contribution is 5.38. The third kappa shape index (κ3) is 5.07. The van der Waals surface area contributed by atoms with Crippen LogP contribution in [0.25, 0.3) is 0 Å². The molecule has 9 heavy (non-hydrogen) atoms. The minimum absolute atomic E-state index is 0.0833. The summed E-state index contributed by atoms with van der Waals surface area (Å²) in [5.74, 6) is 0. The summed E-state index contributed by atoms with van der Waals surface area (Å²) < 4.78 is 4.49. The summed E-state index contributed by atoms with van der Waals surface area (Å²) >= 11 is 0. The Balaban J connectivity index is 3.37. The van der Waals surface area contributed by atoms with Gasteiger partial charge in [-0.3, -0.25) is 0 Å². The number of rotatable bonds is 4. The number of hydrogen-bond donors (Lipinski definition) is 0. The molecular formula is C7H11O2. The first kappa shape index (κ1) is 8.21. The van der Waals surface area contributed by atoms with Gasteiger partial charge in [0.05, 0.1) is 0 Å². The van der Waals surface area contributed by atoms with Crippen LogP contribution in [-0.4, -0.2) is 12.6 Å². The molecule has 0 rings (SSSR count). The van der Waals surface area contributed by atoms with E-state index in [9.17, 15) is 4.79 Å². The molecule has 51 valence electrons. The molecule has 0 aromatic rings. The van der Waals surface area contributed by atoms with Crippen molar-refractivity contribution in [3.8, 4) is 0 Å². The topological polar surface area (TPSA) is 26.3 Å². The van der Waals surface area contributed by atoms with E-state index in [0.29, 0.717) is 0 Å². The molecular weight excluding hydrogens is 116 g/mol. The quantitative estimate of drug-likeness (QED) is 0.534. The third-order valence-corrected chi connectivity index (χ3v) is 0.885. The van der Waals surface area contributed by atoms with E-state index in [1.54, 1.807) is 6.92 Å². The molecule has 0 N–H and O–H groups in total. The summed E-state index contributed by atoms with van der Waals surface area (Å²) in [6.45, 7) is 8.75. The zero-order valence-corrected chi connectivity index (χ0v) is 5.81. The predicted octanol–water partition coefficient (Wildman–Crippen LogP) is 1.42.